The highest BCUT2D eigenvalue weighted by Crippen LogP contribution is 2.29. The van der Waals surface area contributed by atoms with Gasteiger partial charge < -0.3 is 20.1 Å². The minimum absolute atomic E-state index is 0.240. The molecule has 9 heteroatoms. The number of aromatic nitrogens is 4. The molecule has 2 aromatic heterocycles. The molecule has 0 radical (unpaired) electrons. The third-order valence-electron chi connectivity index (χ3n) is 5.18. The van der Waals surface area contributed by atoms with Gasteiger partial charge in [0, 0.05) is 6.20 Å². The van der Waals surface area contributed by atoms with Gasteiger partial charge in [0.05, 0.1) is 44.8 Å². The van der Waals surface area contributed by atoms with Crippen molar-refractivity contribution in [2.75, 3.05) is 19.5 Å². The Morgan fingerprint density at radius 1 is 1.06 bits per heavy atom. The number of nitrogens with zero attached hydrogens (tertiary/aromatic N) is 4. The van der Waals surface area contributed by atoms with E-state index in [-0.39, 0.29) is 12.5 Å². The van der Waals surface area contributed by atoms with Gasteiger partial charge >= 0.3 is 0 Å². The fourth-order valence-electron chi connectivity index (χ4n) is 3.42. The lowest BCUT2D eigenvalue weighted by atomic mass is 10.2. The summed E-state index contributed by atoms with van der Waals surface area (Å²) in [4.78, 5) is 17.3. The van der Waals surface area contributed by atoms with Crippen molar-refractivity contribution in [3.05, 3.63) is 89.4 Å². The summed E-state index contributed by atoms with van der Waals surface area (Å²) in [6.45, 7) is 2.79. The van der Waals surface area contributed by atoms with Crippen molar-refractivity contribution in [2.45, 2.75) is 20.0 Å². The summed E-state index contributed by atoms with van der Waals surface area (Å²) in [7, 11) is 3.24. The Balaban J connectivity index is 1.41. The molecule has 0 atom stereocenters. The monoisotopic (exact) mass is 458 g/mol. The van der Waals surface area contributed by atoms with Gasteiger partial charge in [0.25, 0.3) is 5.91 Å². The molecule has 0 fully saturated rings. The molecule has 2 aromatic carbocycles. The van der Waals surface area contributed by atoms with Crippen LogP contribution >= 0.6 is 0 Å². The average molecular weight is 459 g/mol. The van der Waals surface area contributed by atoms with Gasteiger partial charge in [-0.15, -0.1) is 5.10 Å². The van der Waals surface area contributed by atoms with E-state index >= 15 is 0 Å². The number of anilines is 2. The third-order valence-corrected chi connectivity index (χ3v) is 5.18. The maximum Gasteiger partial charge on any atom is 0.255 e. The smallest absolute Gasteiger partial charge is 0.255 e. The van der Waals surface area contributed by atoms with Crippen molar-refractivity contribution in [3.63, 3.8) is 0 Å². The van der Waals surface area contributed by atoms with Crippen LogP contribution in [0.2, 0.25) is 0 Å². The van der Waals surface area contributed by atoms with Crippen molar-refractivity contribution in [1.29, 1.82) is 0 Å². The van der Waals surface area contributed by atoms with Gasteiger partial charge in [0.2, 0.25) is 0 Å². The van der Waals surface area contributed by atoms with Crippen LogP contribution in [0.1, 0.15) is 27.2 Å². The van der Waals surface area contributed by atoms with Crippen LogP contribution in [0.5, 0.6) is 11.5 Å². The van der Waals surface area contributed by atoms with Crippen molar-refractivity contribution < 1.29 is 14.3 Å². The van der Waals surface area contributed by atoms with Crippen molar-refractivity contribution in [1.82, 2.24) is 25.3 Å². The first-order chi connectivity index (χ1) is 16.6. The van der Waals surface area contributed by atoms with Crippen LogP contribution in [0.4, 0.5) is 11.5 Å². The Bertz CT molecular complexity index is 1270. The lowest BCUT2D eigenvalue weighted by Crippen LogP contribution is -2.24. The third kappa shape index (κ3) is 5.50. The lowest BCUT2D eigenvalue weighted by molar-refractivity contribution is 0.0951. The molecule has 2 heterocycles. The molecule has 34 heavy (non-hydrogen) atoms. The van der Waals surface area contributed by atoms with Gasteiger partial charge in [-0.25, -0.2) is 9.67 Å². The number of hydrogen-bond donors (Lipinski definition) is 2. The van der Waals surface area contributed by atoms with E-state index in [0.717, 1.165) is 22.6 Å². The van der Waals surface area contributed by atoms with Crippen LogP contribution < -0.4 is 20.1 Å². The molecule has 4 aromatic rings. The average Bonchev–Trinajstić information content (AvgIpc) is 3.31. The zero-order valence-electron chi connectivity index (χ0n) is 19.3. The first-order valence-electron chi connectivity index (χ1n) is 10.7. The highest BCUT2D eigenvalue weighted by Gasteiger charge is 2.15. The number of benzene rings is 2. The first kappa shape index (κ1) is 22.8. The zero-order chi connectivity index (χ0) is 23.9. The number of ether oxygens (including phenoxy) is 2. The number of nitrogens with one attached hydrogen (secondary N) is 2. The van der Waals surface area contributed by atoms with Crippen LogP contribution in [0.3, 0.4) is 0 Å². The van der Waals surface area contributed by atoms with E-state index in [4.69, 9.17) is 9.47 Å². The number of amides is 1. The zero-order valence-corrected chi connectivity index (χ0v) is 19.3. The molecule has 174 valence electrons. The van der Waals surface area contributed by atoms with E-state index in [9.17, 15) is 4.79 Å². The number of rotatable bonds is 9. The van der Waals surface area contributed by atoms with Crippen LogP contribution in [0.15, 0.2) is 67.0 Å². The highest BCUT2D eigenvalue weighted by molar-refractivity contribution is 5.99. The normalized spacial score (nSPS) is 10.6. The Labute approximate surface area is 197 Å². The summed E-state index contributed by atoms with van der Waals surface area (Å²) in [6, 6.07) is 17.0. The van der Waals surface area contributed by atoms with Gasteiger partial charge in [-0.05, 0) is 54.4 Å². The molecule has 4 rings (SSSR count). The second-order valence-electron chi connectivity index (χ2n) is 7.67. The van der Waals surface area contributed by atoms with E-state index in [1.165, 1.54) is 0 Å². The van der Waals surface area contributed by atoms with E-state index < -0.39 is 0 Å². The van der Waals surface area contributed by atoms with Crippen LogP contribution in [-0.4, -0.2) is 40.1 Å². The quantitative estimate of drug-likeness (QED) is 0.394. The molecule has 0 bridgehead atoms. The summed E-state index contributed by atoms with van der Waals surface area (Å²) in [5.41, 5.74) is 3.93. The molecule has 0 aliphatic carbocycles. The fourth-order valence-corrected chi connectivity index (χ4v) is 3.42. The number of methoxy groups -OCH3 is 2. The van der Waals surface area contributed by atoms with Crippen LogP contribution in [0, 0.1) is 6.92 Å². The Kier molecular flexibility index (Phi) is 7.02. The fraction of sp³-hybridized carbons (Fsp3) is 0.200. The molecule has 1 amide bonds. The molecule has 0 saturated heterocycles. The highest BCUT2D eigenvalue weighted by atomic mass is 16.5. The summed E-state index contributed by atoms with van der Waals surface area (Å²) in [5.74, 6) is 1.63. The van der Waals surface area contributed by atoms with Crippen LogP contribution in [-0.2, 0) is 13.1 Å². The number of carbonyl (C=O) groups is 1. The minimum Gasteiger partial charge on any atom is -0.497 e. The van der Waals surface area contributed by atoms with Gasteiger partial charge in [-0.3, -0.25) is 4.79 Å². The summed E-state index contributed by atoms with van der Waals surface area (Å²) in [5, 5.41) is 14.4. The molecule has 0 aliphatic heterocycles. The molecule has 0 saturated carbocycles. The standard InChI is InChI=1S/C25H26N6O3/c1-17-6-11-23(34-3)22(13-17)28-24-21(5-4-12-26-24)25(32)27-14-19-16-31(30-29-19)15-18-7-9-20(33-2)10-8-18/h4-13,16H,14-15H2,1-3H3,(H,26,28)(H,27,32). The van der Waals surface area contributed by atoms with Gasteiger partial charge in [-0.1, -0.05) is 23.4 Å². The number of aryl methyl sites for hydroxylation is 1. The summed E-state index contributed by atoms with van der Waals surface area (Å²) < 4.78 is 12.3. The van der Waals surface area contributed by atoms with E-state index in [1.807, 2.05) is 55.6 Å². The summed E-state index contributed by atoms with van der Waals surface area (Å²) in [6.07, 6.45) is 3.44. The largest absolute Gasteiger partial charge is 0.497 e. The Morgan fingerprint density at radius 3 is 2.65 bits per heavy atom. The van der Waals surface area contributed by atoms with Crippen LogP contribution in [0.25, 0.3) is 0 Å². The molecule has 0 unspecified atom stereocenters. The second-order valence-corrected chi connectivity index (χ2v) is 7.67. The second kappa shape index (κ2) is 10.5. The van der Waals surface area contributed by atoms with E-state index in [2.05, 4.69) is 25.9 Å². The van der Waals surface area contributed by atoms with E-state index in [0.29, 0.717) is 29.4 Å². The van der Waals surface area contributed by atoms with Gasteiger partial charge in [-0.2, -0.15) is 0 Å². The number of carbonyl (C=O) groups excluding carboxylic acids is 1. The van der Waals surface area contributed by atoms with Gasteiger partial charge in [0.15, 0.2) is 0 Å². The molecule has 0 aliphatic rings. The lowest BCUT2D eigenvalue weighted by Gasteiger charge is -2.14. The number of hydrogen-bond acceptors (Lipinski definition) is 7. The first-order valence-corrected chi connectivity index (χ1v) is 10.7. The Hall–Kier alpha value is -4.40. The molecule has 2 N–H and O–H groups in total. The maximum absolute atomic E-state index is 12.9. The predicted molar refractivity (Wildman–Crippen MR) is 129 cm³/mol. The predicted octanol–water partition coefficient (Wildman–Crippen LogP) is 3.72. The van der Waals surface area contributed by atoms with Crippen molar-refractivity contribution >= 4 is 17.4 Å². The van der Waals surface area contributed by atoms with E-state index in [1.54, 1.807) is 37.2 Å². The molecule has 9 nitrogen and oxygen atoms in total. The van der Waals surface area contributed by atoms with Gasteiger partial charge in [0.1, 0.15) is 23.0 Å². The topological polar surface area (TPSA) is 103 Å². The maximum atomic E-state index is 12.9. The molecular weight excluding hydrogens is 432 g/mol. The molecular formula is C25H26N6O3. The number of pyridine rings is 1. The minimum atomic E-state index is -0.271. The van der Waals surface area contributed by atoms with Crippen molar-refractivity contribution in [3.8, 4) is 11.5 Å². The Morgan fingerprint density at radius 2 is 1.88 bits per heavy atom. The summed E-state index contributed by atoms with van der Waals surface area (Å²) >= 11 is 0. The molecule has 0 spiro atoms. The SMILES string of the molecule is COc1ccc(Cn2cc(CNC(=O)c3cccnc3Nc3cc(C)ccc3OC)nn2)cc1. The van der Waals surface area contributed by atoms with Crippen molar-refractivity contribution in [2.24, 2.45) is 0 Å².